The summed E-state index contributed by atoms with van der Waals surface area (Å²) in [6, 6.07) is 19.1. The quantitative estimate of drug-likeness (QED) is 0.722. The summed E-state index contributed by atoms with van der Waals surface area (Å²) in [6.45, 7) is -0.313. The number of hydrogen-bond donors (Lipinski definition) is 1. The Bertz CT molecular complexity index is 1000. The van der Waals surface area contributed by atoms with Crippen LogP contribution < -0.4 is 5.32 Å². The van der Waals surface area contributed by atoms with Gasteiger partial charge in [-0.25, -0.2) is 9.78 Å². The molecule has 0 saturated carbocycles. The number of fused-ring (bicyclic) bond motifs is 2. The highest BCUT2D eigenvalue weighted by Crippen LogP contribution is 2.29. The number of rotatable bonds is 4. The molecule has 1 aliphatic carbocycles. The van der Waals surface area contributed by atoms with Gasteiger partial charge >= 0.3 is 5.97 Å². The second-order valence-corrected chi connectivity index (χ2v) is 6.68. The molecule has 136 valence electrons. The minimum absolute atomic E-state index is 0.0278. The first kappa shape index (κ1) is 17.2. The summed E-state index contributed by atoms with van der Waals surface area (Å²) < 4.78 is 5.15. The molecule has 0 fully saturated rings. The number of aromatic nitrogens is 1. The van der Waals surface area contributed by atoms with E-state index in [0.29, 0.717) is 0 Å². The number of pyridine rings is 1. The van der Waals surface area contributed by atoms with Crippen LogP contribution >= 0.6 is 0 Å². The van der Waals surface area contributed by atoms with E-state index in [1.165, 1.54) is 5.56 Å². The summed E-state index contributed by atoms with van der Waals surface area (Å²) in [5, 5.41) is 3.92. The van der Waals surface area contributed by atoms with Crippen LogP contribution in [0.5, 0.6) is 0 Å². The number of ether oxygens (including phenoxy) is 1. The minimum atomic E-state index is -0.597. The molecule has 1 N–H and O–H groups in total. The lowest BCUT2D eigenvalue weighted by Gasteiger charge is -2.26. The van der Waals surface area contributed by atoms with Crippen molar-refractivity contribution in [3.05, 3.63) is 77.5 Å². The molecule has 0 aliphatic heterocycles. The number of carbonyl (C=O) groups excluding carboxylic acids is 2. The zero-order valence-electron chi connectivity index (χ0n) is 14.9. The van der Waals surface area contributed by atoms with Gasteiger partial charge in [-0.2, -0.15) is 0 Å². The zero-order valence-corrected chi connectivity index (χ0v) is 14.9. The van der Waals surface area contributed by atoms with Crippen molar-refractivity contribution in [3.63, 3.8) is 0 Å². The lowest BCUT2D eigenvalue weighted by Crippen LogP contribution is -2.34. The van der Waals surface area contributed by atoms with E-state index in [0.717, 1.165) is 35.7 Å². The number of nitrogens with zero attached hydrogens (tertiary/aromatic N) is 1. The van der Waals surface area contributed by atoms with Crippen LogP contribution in [0.15, 0.2) is 60.7 Å². The molecule has 0 saturated heterocycles. The molecule has 1 aromatic heterocycles. The summed E-state index contributed by atoms with van der Waals surface area (Å²) in [5.74, 6) is -0.897. The van der Waals surface area contributed by atoms with E-state index in [2.05, 4.69) is 16.4 Å². The van der Waals surface area contributed by atoms with Gasteiger partial charge in [0, 0.05) is 5.39 Å². The minimum Gasteiger partial charge on any atom is -0.451 e. The molecule has 1 amide bonds. The molecule has 1 heterocycles. The first-order valence-corrected chi connectivity index (χ1v) is 9.11. The summed E-state index contributed by atoms with van der Waals surface area (Å²) in [5.41, 5.74) is 3.34. The first-order valence-electron chi connectivity index (χ1n) is 9.11. The molecule has 27 heavy (non-hydrogen) atoms. The molecule has 5 heteroatoms. The molecule has 5 nitrogen and oxygen atoms in total. The number of carbonyl (C=O) groups is 2. The maximum Gasteiger partial charge on any atom is 0.357 e. The second-order valence-electron chi connectivity index (χ2n) is 6.68. The highest BCUT2D eigenvalue weighted by Gasteiger charge is 2.22. The largest absolute Gasteiger partial charge is 0.451 e. The van der Waals surface area contributed by atoms with E-state index in [1.807, 2.05) is 48.5 Å². The Morgan fingerprint density at radius 3 is 2.78 bits per heavy atom. The highest BCUT2D eigenvalue weighted by molar-refractivity contribution is 5.92. The Morgan fingerprint density at radius 1 is 1.04 bits per heavy atom. The molecule has 4 rings (SSSR count). The molecule has 1 aliphatic rings. The average molecular weight is 360 g/mol. The van der Waals surface area contributed by atoms with E-state index < -0.39 is 5.97 Å². The molecule has 3 aromatic rings. The normalized spacial score (nSPS) is 15.8. The smallest absolute Gasteiger partial charge is 0.357 e. The van der Waals surface area contributed by atoms with Gasteiger partial charge in [0.15, 0.2) is 6.61 Å². The average Bonchev–Trinajstić information content (AvgIpc) is 2.72. The van der Waals surface area contributed by atoms with Crippen LogP contribution in [0.3, 0.4) is 0 Å². The van der Waals surface area contributed by atoms with Crippen molar-refractivity contribution in [2.45, 2.75) is 25.3 Å². The van der Waals surface area contributed by atoms with Gasteiger partial charge in [-0.15, -0.1) is 0 Å². The van der Waals surface area contributed by atoms with Crippen LogP contribution in [-0.2, 0) is 16.0 Å². The van der Waals surface area contributed by atoms with Crippen molar-refractivity contribution < 1.29 is 14.3 Å². The van der Waals surface area contributed by atoms with Crippen LogP contribution in [0, 0.1) is 0 Å². The van der Waals surface area contributed by atoms with Crippen LogP contribution in [0.4, 0.5) is 0 Å². The summed E-state index contributed by atoms with van der Waals surface area (Å²) in [4.78, 5) is 28.8. The Balaban J connectivity index is 1.37. The number of benzene rings is 2. The monoisotopic (exact) mass is 360 g/mol. The van der Waals surface area contributed by atoms with Gasteiger partial charge in [-0.05, 0) is 42.5 Å². The van der Waals surface area contributed by atoms with Gasteiger partial charge in [0.1, 0.15) is 5.69 Å². The number of esters is 1. The van der Waals surface area contributed by atoms with Crippen LogP contribution in [-0.4, -0.2) is 23.5 Å². The lowest BCUT2D eigenvalue weighted by molar-refractivity contribution is -0.125. The number of aryl methyl sites for hydroxylation is 1. The third-order valence-electron chi connectivity index (χ3n) is 4.85. The molecular weight excluding hydrogens is 340 g/mol. The Labute approximate surface area is 157 Å². The van der Waals surface area contributed by atoms with Crippen LogP contribution in [0.1, 0.15) is 40.5 Å². The Kier molecular flexibility index (Phi) is 4.83. The SMILES string of the molecule is O=C(COC(=O)c1ccc2ccccc2n1)NC1CCCc2ccccc21. The Hall–Kier alpha value is -3.21. The molecule has 0 radical (unpaired) electrons. The van der Waals surface area contributed by atoms with Gasteiger partial charge in [-0.3, -0.25) is 4.79 Å². The number of para-hydroxylation sites is 1. The molecule has 0 spiro atoms. The molecule has 1 atom stereocenters. The topological polar surface area (TPSA) is 68.3 Å². The van der Waals surface area contributed by atoms with Crippen molar-refractivity contribution >= 4 is 22.8 Å². The van der Waals surface area contributed by atoms with E-state index in [1.54, 1.807) is 6.07 Å². The highest BCUT2D eigenvalue weighted by atomic mass is 16.5. The van der Waals surface area contributed by atoms with Crippen molar-refractivity contribution in [2.24, 2.45) is 0 Å². The molecule has 2 aromatic carbocycles. The first-order chi connectivity index (χ1) is 13.2. The van der Waals surface area contributed by atoms with Gasteiger partial charge in [0.25, 0.3) is 5.91 Å². The number of hydrogen-bond acceptors (Lipinski definition) is 4. The van der Waals surface area contributed by atoms with Crippen LogP contribution in [0.25, 0.3) is 10.9 Å². The summed E-state index contributed by atoms with van der Waals surface area (Å²) in [6.07, 6.45) is 2.96. The van der Waals surface area contributed by atoms with Gasteiger partial charge in [-0.1, -0.05) is 48.5 Å². The molecule has 1 unspecified atom stereocenters. The summed E-state index contributed by atoms with van der Waals surface area (Å²) >= 11 is 0. The maximum atomic E-state index is 12.3. The van der Waals surface area contributed by atoms with E-state index in [9.17, 15) is 9.59 Å². The van der Waals surface area contributed by atoms with E-state index in [4.69, 9.17) is 4.74 Å². The predicted molar refractivity (Wildman–Crippen MR) is 102 cm³/mol. The van der Waals surface area contributed by atoms with E-state index >= 15 is 0 Å². The zero-order chi connectivity index (χ0) is 18.6. The van der Waals surface area contributed by atoms with E-state index in [-0.39, 0.29) is 24.2 Å². The fourth-order valence-electron chi connectivity index (χ4n) is 3.52. The standard InChI is InChI=1S/C22H20N2O3/c25-21(24-19-11-5-8-15-6-1-3-9-17(15)19)14-27-22(26)20-13-12-16-7-2-4-10-18(16)23-20/h1-4,6-7,9-10,12-13,19H,5,8,11,14H2,(H,24,25). The third-order valence-corrected chi connectivity index (χ3v) is 4.85. The van der Waals surface area contributed by atoms with Crippen molar-refractivity contribution in [3.8, 4) is 0 Å². The number of amides is 1. The van der Waals surface area contributed by atoms with Crippen molar-refractivity contribution in [2.75, 3.05) is 6.61 Å². The van der Waals surface area contributed by atoms with Gasteiger partial charge in [0.2, 0.25) is 0 Å². The number of nitrogens with one attached hydrogen (secondary N) is 1. The maximum absolute atomic E-state index is 12.3. The fraction of sp³-hybridized carbons (Fsp3) is 0.227. The van der Waals surface area contributed by atoms with Crippen molar-refractivity contribution in [1.82, 2.24) is 10.3 Å². The van der Waals surface area contributed by atoms with Crippen LogP contribution in [0.2, 0.25) is 0 Å². The Morgan fingerprint density at radius 2 is 1.85 bits per heavy atom. The van der Waals surface area contributed by atoms with Crippen molar-refractivity contribution in [1.29, 1.82) is 0 Å². The molecule has 0 bridgehead atoms. The lowest BCUT2D eigenvalue weighted by atomic mass is 9.88. The molecular formula is C22H20N2O3. The second kappa shape index (κ2) is 7.58. The van der Waals surface area contributed by atoms with Gasteiger partial charge < -0.3 is 10.1 Å². The predicted octanol–water partition coefficient (Wildman–Crippen LogP) is 3.59. The van der Waals surface area contributed by atoms with Gasteiger partial charge in [0.05, 0.1) is 11.6 Å². The summed E-state index contributed by atoms with van der Waals surface area (Å²) in [7, 11) is 0. The third kappa shape index (κ3) is 3.82. The fourth-order valence-corrected chi connectivity index (χ4v) is 3.52.